The number of furan rings is 1. The van der Waals surface area contributed by atoms with Crippen LogP contribution in [0.3, 0.4) is 0 Å². The molecule has 5 aromatic rings. The molecule has 0 bridgehead atoms. The molecule has 3 N–H and O–H groups in total. The van der Waals surface area contributed by atoms with Crippen molar-refractivity contribution in [1.82, 2.24) is 24.7 Å². The highest BCUT2D eigenvalue weighted by Crippen LogP contribution is 2.25. The molecular weight excluding hydrogens is 436 g/mol. The Bertz CT molecular complexity index is 1590. The van der Waals surface area contributed by atoms with Crippen molar-refractivity contribution in [1.29, 1.82) is 0 Å². The van der Waals surface area contributed by atoms with E-state index in [-0.39, 0.29) is 22.9 Å². The molecule has 0 saturated carbocycles. The van der Waals surface area contributed by atoms with Crippen LogP contribution in [0.4, 0.5) is 5.82 Å². The van der Waals surface area contributed by atoms with Gasteiger partial charge in [0, 0.05) is 34.4 Å². The predicted molar refractivity (Wildman–Crippen MR) is 125 cm³/mol. The second-order valence-electron chi connectivity index (χ2n) is 7.64. The van der Waals surface area contributed by atoms with Crippen LogP contribution in [0.1, 0.15) is 28.5 Å². The van der Waals surface area contributed by atoms with Crippen molar-refractivity contribution in [3.8, 4) is 17.4 Å². The number of aryl methyl sites for hydroxylation is 1. The van der Waals surface area contributed by atoms with Gasteiger partial charge in [-0.05, 0) is 31.5 Å². The highest BCUT2D eigenvalue weighted by molar-refractivity contribution is 6.48. The number of nitrogens with zero attached hydrogens (tertiary/aromatic N) is 3. The number of aromatic nitrogens is 5. The molecule has 1 aromatic carbocycles. The Morgan fingerprint density at radius 1 is 1.18 bits per heavy atom. The van der Waals surface area contributed by atoms with Crippen LogP contribution in [0.15, 0.2) is 64.1 Å². The number of hydrogen-bond donors (Lipinski definition) is 3. The molecular formula is C24H20N6O4. The fourth-order valence-corrected chi connectivity index (χ4v) is 3.84. The summed E-state index contributed by atoms with van der Waals surface area (Å²) in [6.07, 6.45) is 3.52. The summed E-state index contributed by atoms with van der Waals surface area (Å²) in [5.74, 6) is -0.880. The Morgan fingerprint density at radius 3 is 2.74 bits per heavy atom. The van der Waals surface area contributed by atoms with Crippen LogP contribution in [-0.2, 0) is 11.2 Å². The molecule has 0 saturated heterocycles. The highest BCUT2D eigenvalue weighted by atomic mass is 16.3. The quantitative estimate of drug-likeness (QED) is 0.264. The molecule has 34 heavy (non-hydrogen) atoms. The summed E-state index contributed by atoms with van der Waals surface area (Å²) in [4.78, 5) is 48.5. The van der Waals surface area contributed by atoms with Gasteiger partial charge in [0.1, 0.15) is 11.5 Å². The van der Waals surface area contributed by atoms with Gasteiger partial charge < -0.3 is 14.7 Å². The predicted octanol–water partition coefficient (Wildman–Crippen LogP) is 3.39. The lowest BCUT2D eigenvalue weighted by Gasteiger charge is -2.09. The third-order valence-corrected chi connectivity index (χ3v) is 5.53. The summed E-state index contributed by atoms with van der Waals surface area (Å²) in [5.41, 5.74) is 2.19. The topological polar surface area (TPSA) is 139 Å². The summed E-state index contributed by atoms with van der Waals surface area (Å²) < 4.78 is 6.69. The summed E-state index contributed by atoms with van der Waals surface area (Å²) in [5, 5.41) is 7.69. The Kier molecular flexibility index (Phi) is 5.17. The number of H-pyrrole nitrogens is 2. The Morgan fingerprint density at radius 2 is 2.00 bits per heavy atom. The Balaban J connectivity index is 1.55. The van der Waals surface area contributed by atoms with E-state index < -0.39 is 11.7 Å². The van der Waals surface area contributed by atoms with Gasteiger partial charge in [0.25, 0.3) is 17.2 Å². The van der Waals surface area contributed by atoms with E-state index in [1.54, 1.807) is 37.3 Å². The number of amides is 1. The molecule has 0 fully saturated rings. The number of anilines is 1. The maximum Gasteiger partial charge on any atom is 0.298 e. The number of Topliss-reactive ketones (excluding diaryl/α,β-unsaturated/α-hetero) is 1. The van der Waals surface area contributed by atoms with E-state index in [4.69, 9.17) is 4.42 Å². The highest BCUT2D eigenvalue weighted by Gasteiger charge is 2.23. The molecule has 0 radical (unpaired) electrons. The Labute approximate surface area is 192 Å². The van der Waals surface area contributed by atoms with Gasteiger partial charge in [0.2, 0.25) is 5.95 Å². The molecule has 0 spiro atoms. The minimum atomic E-state index is -0.860. The molecule has 0 aliphatic carbocycles. The monoisotopic (exact) mass is 456 g/mol. The summed E-state index contributed by atoms with van der Waals surface area (Å²) in [6, 6.07) is 12.2. The smallest absolute Gasteiger partial charge is 0.298 e. The number of carbonyl (C=O) groups is 2. The number of para-hydroxylation sites is 1. The van der Waals surface area contributed by atoms with Crippen molar-refractivity contribution in [2.45, 2.75) is 20.3 Å². The van der Waals surface area contributed by atoms with Crippen molar-refractivity contribution in [2.75, 3.05) is 5.32 Å². The van der Waals surface area contributed by atoms with Crippen molar-refractivity contribution in [3.63, 3.8) is 0 Å². The number of rotatable bonds is 6. The van der Waals surface area contributed by atoms with Gasteiger partial charge in [-0.1, -0.05) is 25.1 Å². The second-order valence-corrected chi connectivity index (χ2v) is 7.64. The number of nitrogens with one attached hydrogen (secondary N) is 3. The lowest BCUT2D eigenvalue weighted by molar-refractivity contribution is -0.112. The number of benzene rings is 1. The van der Waals surface area contributed by atoms with Crippen LogP contribution in [0.5, 0.6) is 0 Å². The number of hydrogen-bond acceptors (Lipinski definition) is 6. The summed E-state index contributed by atoms with van der Waals surface area (Å²) in [6.45, 7) is 3.59. The van der Waals surface area contributed by atoms with Crippen LogP contribution in [0, 0.1) is 6.92 Å². The molecule has 10 nitrogen and oxygen atoms in total. The SMILES string of the molecule is CCc1c(C)nc(-n2nc(-c3ccco3)cc2NC(=O)C(=O)c2c[nH]c3ccccc23)[nH]c1=O. The van der Waals surface area contributed by atoms with Gasteiger partial charge in [-0.25, -0.2) is 4.98 Å². The molecule has 0 aliphatic heterocycles. The van der Waals surface area contributed by atoms with Crippen LogP contribution in [0.2, 0.25) is 0 Å². The minimum absolute atomic E-state index is 0.104. The van der Waals surface area contributed by atoms with Gasteiger partial charge in [0.15, 0.2) is 5.76 Å². The lowest BCUT2D eigenvalue weighted by Crippen LogP contribution is -2.25. The molecule has 170 valence electrons. The van der Waals surface area contributed by atoms with Gasteiger partial charge in [0.05, 0.1) is 11.8 Å². The van der Waals surface area contributed by atoms with E-state index >= 15 is 0 Å². The van der Waals surface area contributed by atoms with Crippen LogP contribution < -0.4 is 10.9 Å². The largest absolute Gasteiger partial charge is 0.463 e. The fourth-order valence-electron chi connectivity index (χ4n) is 3.84. The first-order chi connectivity index (χ1) is 16.5. The van der Waals surface area contributed by atoms with E-state index in [1.807, 2.05) is 19.1 Å². The number of carbonyl (C=O) groups excluding carboxylic acids is 2. The molecule has 0 atom stereocenters. The first-order valence-corrected chi connectivity index (χ1v) is 10.6. The fraction of sp³-hybridized carbons (Fsp3) is 0.125. The van der Waals surface area contributed by atoms with E-state index in [0.717, 1.165) is 5.52 Å². The lowest BCUT2D eigenvalue weighted by atomic mass is 10.1. The first kappa shape index (κ1) is 21.1. The maximum absolute atomic E-state index is 12.9. The molecule has 4 aromatic heterocycles. The normalized spacial score (nSPS) is 11.1. The van der Waals surface area contributed by atoms with Gasteiger partial charge >= 0.3 is 0 Å². The Hall–Kier alpha value is -4.73. The van der Waals surface area contributed by atoms with Crippen LogP contribution in [0.25, 0.3) is 28.3 Å². The number of aromatic amines is 2. The average molecular weight is 456 g/mol. The zero-order chi connectivity index (χ0) is 23.8. The average Bonchev–Trinajstić information content (AvgIpc) is 3.57. The summed E-state index contributed by atoms with van der Waals surface area (Å²) >= 11 is 0. The first-order valence-electron chi connectivity index (χ1n) is 10.6. The molecule has 5 rings (SSSR count). The molecule has 4 heterocycles. The number of ketones is 1. The number of fused-ring (bicyclic) bond motifs is 1. The minimum Gasteiger partial charge on any atom is -0.463 e. The van der Waals surface area contributed by atoms with Crippen molar-refractivity contribution in [2.24, 2.45) is 0 Å². The van der Waals surface area contributed by atoms with Crippen LogP contribution in [-0.4, -0.2) is 36.4 Å². The van der Waals surface area contributed by atoms with Crippen LogP contribution >= 0.6 is 0 Å². The molecule has 0 aliphatic rings. The zero-order valence-corrected chi connectivity index (χ0v) is 18.4. The van der Waals surface area contributed by atoms with E-state index in [1.165, 1.54) is 17.1 Å². The van der Waals surface area contributed by atoms with Gasteiger partial charge in [-0.3, -0.25) is 19.4 Å². The van der Waals surface area contributed by atoms with Crippen molar-refractivity contribution < 1.29 is 14.0 Å². The zero-order valence-electron chi connectivity index (χ0n) is 18.4. The molecule has 0 unspecified atom stereocenters. The van der Waals surface area contributed by atoms with Crippen molar-refractivity contribution in [3.05, 3.63) is 82.1 Å². The second kappa shape index (κ2) is 8.32. The van der Waals surface area contributed by atoms with Crippen molar-refractivity contribution >= 4 is 28.4 Å². The third kappa shape index (κ3) is 3.60. The van der Waals surface area contributed by atoms with Gasteiger partial charge in [-0.15, -0.1) is 0 Å². The third-order valence-electron chi connectivity index (χ3n) is 5.53. The molecule has 1 amide bonds. The van der Waals surface area contributed by atoms with Gasteiger partial charge in [-0.2, -0.15) is 9.78 Å². The molecule has 10 heteroatoms. The van der Waals surface area contributed by atoms with E-state index in [2.05, 4.69) is 25.4 Å². The standard InChI is InChI=1S/C24H20N6O4/c1-3-14-13(2)26-24(28-22(14)32)30-20(11-18(29-30)19-9-6-10-34-19)27-23(33)21(31)16-12-25-17-8-5-4-7-15(16)17/h4-12,25H,3H2,1-2H3,(H,27,33)(H,26,28,32). The van der Waals surface area contributed by atoms with E-state index in [9.17, 15) is 14.4 Å². The van der Waals surface area contributed by atoms with E-state index in [0.29, 0.717) is 34.5 Å². The summed E-state index contributed by atoms with van der Waals surface area (Å²) in [7, 11) is 0. The maximum atomic E-state index is 12.9.